The number of anilines is 1. The van der Waals surface area contributed by atoms with Gasteiger partial charge in [-0.05, 0) is 24.2 Å². The van der Waals surface area contributed by atoms with Gasteiger partial charge in [0.05, 0.1) is 6.33 Å². The van der Waals surface area contributed by atoms with Crippen molar-refractivity contribution in [1.82, 2.24) is 19.5 Å². The summed E-state index contributed by atoms with van der Waals surface area (Å²) in [4.78, 5) is 12.5. The minimum Gasteiger partial charge on any atom is -0.396 e. The third-order valence-electron chi connectivity index (χ3n) is 4.30. The van der Waals surface area contributed by atoms with Crippen LogP contribution in [0.3, 0.4) is 0 Å². The molecule has 2 aliphatic rings. The molecule has 3 atom stereocenters. The fourth-order valence-corrected chi connectivity index (χ4v) is 3.08. The number of aliphatic hydroxyl groups is 1. The molecule has 0 bridgehead atoms. The van der Waals surface area contributed by atoms with E-state index in [1.54, 1.807) is 6.33 Å². The summed E-state index contributed by atoms with van der Waals surface area (Å²) in [6, 6.07) is 0.430. The zero-order chi connectivity index (χ0) is 11.6. The molecule has 1 unspecified atom stereocenters. The van der Waals surface area contributed by atoms with Crippen molar-refractivity contribution in [2.24, 2.45) is 11.3 Å². The molecule has 0 radical (unpaired) electrons. The van der Waals surface area contributed by atoms with Gasteiger partial charge in [-0.1, -0.05) is 0 Å². The molecule has 3 N–H and O–H groups in total. The number of hydrogen-bond acceptors (Lipinski definition) is 5. The van der Waals surface area contributed by atoms with Gasteiger partial charge in [-0.3, -0.25) is 0 Å². The summed E-state index contributed by atoms with van der Waals surface area (Å²) in [7, 11) is 0. The summed E-state index contributed by atoms with van der Waals surface area (Å²) in [6.45, 7) is 0.292. The first kappa shape index (κ1) is 9.35. The minimum atomic E-state index is 0.292. The Morgan fingerprint density at radius 2 is 2.29 bits per heavy atom. The first-order chi connectivity index (χ1) is 8.26. The van der Waals surface area contributed by atoms with Crippen LogP contribution < -0.4 is 5.73 Å². The zero-order valence-corrected chi connectivity index (χ0v) is 9.24. The summed E-state index contributed by atoms with van der Waals surface area (Å²) in [5, 5.41) is 9.18. The van der Waals surface area contributed by atoms with Crippen LogP contribution in [0.1, 0.15) is 18.9 Å². The molecule has 2 saturated carbocycles. The second-order valence-corrected chi connectivity index (χ2v) is 5.12. The first-order valence-corrected chi connectivity index (χ1v) is 5.80. The van der Waals surface area contributed by atoms with Gasteiger partial charge >= 0.3 is 0 Å². The van der Waals surface area contributed by atoms with Crippen molar-refractivity contribution in [2.75, 3.05) is 12.3 Å². The molecule has 2 aliphatic carbocycles. The van der Waals surface area contributed by atoms with Gasteiger partial charge in [0.2, 0.25) is 0 Å². The maximum absolute atomic E-state index is 9.18. The van der Waals surface area contributed by atoms with Gasteiger partial charge in [0, 0.05) is 12.6 Å². The molecule has 17 heavy (non-hydrogen) atoms. The highest BCUT2D eigenvalue weighted by Crippen LogP contribution is 2.76. The average Bonchev–Trinajstić information content (AvgIpc) is 3.18. The van der Waals surface area contributed by atoms with Crippen LogP contribution in [0.25, 0.3) is 11.2 Å². The van der Waals surface area contributed by atoms with Crippen molar-refractivity contribution in [2.45, 2.75) is 18.9 Å². The quantitative estimate of drug-likeness (QED) is 0.778. The number of aromatic nitrogens is 4. The van der Waals surface area contributed by atoms with E-state index in [9.17, 15) is 5.11 Å². The highest BCUT2D eigenvalue weighted by molar-refractivity contribution is 5.81. The van der Waals surface area contributed by atoms with E-state index in [1.165, 1.54) is 6.33 Å². The molecule has 0 aromatic carbocycles. The Morgan fingerprint density at radius 1 is 1.41 bits per heavy atom. The number of imidazole rings is 1. The van der Waals surface area contributed by atoms with Crippen LogP contribution >= 0.6 is 0 Å². The van der Waals surface area contributed by atoms with Crippen molar-refractivity contribution in [3.63, 3.8) is 0 Å². The summed E-state index contributed by atoms with van der Waals surface area (Å²) < 4.78 is 2.09. The van der Waals surface area contributed by atoms with Crippen LogP contribution in [0.15, 0.2) is 12.7 Å². The van der Waals surface area contributed by atoms with Gasteiger partial charge < -0.3 is 15.4 Å². The molecule has 0 aliphatic heterocycles. The van der Waals surface area contributed by atoms with Crippen molar-refractivity contribution >= 4 is 17.0 Å². The Bertz CT molecular complexity index is 609. The van der Waals surface area contributed by atoms with E-state index in [-0.39, 0.29) is 0 Å². The molecule has 6 heteroatoms. The summed E-state index contributed by atoms with van der Waals surface area (Å²) in [5.74, 6) is 0.891. The maximum atomic E-state index is 9.18. The fourth-order valence-electron chi connectivity index (χ4n) is 3.08. The van der Waals surface area contributed by atoms with E-state index in [0.29, 0.717) is 35.3 Å². The van der Waals surface area contributed by atoms with Gasteiger partial charge in [-0.15, -0.1) is 0 Å². The number of hydrogen-bond donors (Lipinski definition) is 2. The average molecular weight is 231 g/mol. The van der Waals surface area contributed by atoms with Crippen LogP contribution in [0.4, 0.5) is 5.82 Å². The number of nitrogens with zero attached hydrogens (tertiary/aromatic N) is 4. The summed E-state index contributed by atoms with van der Waals surface area (Å²) in [6.07, 6.45) is 5.51. The smallest absolute Gasteiger partial charge is 0.165 e. The van der Waals surface area contributed by atoms with Crippen molar-refractivity contribution in [1.29, 1.82) is 0 Å². The molecule has 2 heterocycles. The Kier molecular flexibility index (Phi) is 1.52. The normalized spacial score (nSPS) is 34.4. The molecule has 4 rings (SSSR count). The third kappa shape index (κ3) is 1.06. The molecule has 0 amide bonds. The SMILES string of the molecule is Nc1ncnc2c1ncn2[C@H]1CC12C[C@@H]2CO. The highest BCUT2D eigenvalue weighted by Gasteiger charge is 2.71. The maximum Gasteiger partial charge on any atom is 0.165 e. The lowest BCUT2D eigenvalue weighted by molar-refractivity contribution is 0.264. The van der Waals surface area contributed by atoms with Crippen LogP contribution in [0.5, 0.6) is 0 Å². The second-order valence-electron chi connectivity index (χ2n) is 5.12. The topological polar surface area (TPSA) is 89.9 Å². The lowest BCUT2D eigenvalue weighted by atomic mass is 10.3. The van der Waals surface area contributed by atoms with E-state index in [4.69, 9.17) is 5.73 Å². The van der Waals surface area contributed by atoms with Gasteiger partial charge in [0.1, 0.15) is 11.8 Å². The summed E-state index contributed by atoms with van der Waals surface area (Å²) >= 11 is 0. The predicted octanol–water partition coefficient (Wildman–Crippen LogP) is 0.352. The number of aliphatic hydroxyl groups excluding tert-OH is 1. The van der Waals surface area contributed by atoms with E-state index >= 15 is 0 Å². The number of rotatable bonds is 2. The predicted molar refractivity (Wildman–Crippen MR) is 61.0 cm³/mol. The number of fused-ring (bicyclic) bond motifs is 1. The molecule has 2 aromatic rings. The molecule has 2 fully saturated rings. The van der Waals surface area contributed by atoms with Gasteiger partial charge in [0.15, 0.2) is 11.5 Å². The molecular weight excluding hydrogens is 218 g/mol. The van der Waals surface area contributed by atoms with Crippen LogP contribution in [0.2, 0.25) is 0 Å². The van der Waals surface area contributed by atoms with Crippen molar-refractivity contribution in [3.05, 3.63) is 12.7 Å². The summed E-state index contributed by atoms with van der Waals surface area (Å²) in [5.41, 5.74) is 7.57. The van der Waals surface area contributed by atoms with Crippen molar-refractivity contribution in [3.8, 4) is 0 Å². The molecule has 0 saturated heterocycles. The third-order valence-corrected chi connectivity index (χ3v) is 4.30. The van der Waals surface area contributed by atoms with E-state index < -0.39 is 0 Å². The van der Waals surface area contributed by atoms with Crippen LogP contribution in [-0.4, -0.2) is 31.2 Å². The zero-order valence-electron chi connectivity index (χ0n) is 9.24. The molecule has 88 valence electrons. The fraction of sp³-hybridized carbons (Fsp3) is 0.545. The van der Waals surface area contributed by atoms with E-state index in [2.05, 4.69) is 19.5 Å². The molecule has 6 nitrogen and oxygen atoms in total. The highest BCUT2D eigenvalue weighted by atomic mass is 16.3. The standard InChI is InChI=1S/C11H13N5O/c12-9-8-10(14-4-13-9)16(5-15-8)7-2-11(7)1-6(11)3-17/h4-7,17H,1-3H2,(H2,12,13,14)/t6-,7+,11?/m1/s1. The van der Waals surface area contributed by atoms with Gasteiger partial charge in [-0.25, -0.2) is 15.0 Å². The van der Waals surface area contributed by atoms with Crippen LogP contribution in [-0.2, 0) is 0 Å². The number of nitrogens with two attached hydrogens (primary N) is 1. The Labute approximate surface area is 97.5 Å². The van der Waals surface area contributed by atoms with E-state index in [1.807, 2.05) is 0 Å². The largest absolute Gasteiger partial charge is 0.396 e. The Hall–Kier alpha value is -1.69. The molecule has 2 aromatic heterocycles. The first-order valence-electron chi connectivity index (χ1n) is 5.80. The lowest BCUT2D eigenvalue weighted by Gasteiger charge is -2.01. The monoisotopic (exact) mass is 231 g/mol. The Morgan fingerprint density at radius 3 is 3.06 bits per heavy atom. The Balaban J connectivity index is 1.77. The van der Waals surface area contributed by atoms with E-state index in [0.717, 1.165) is 18.5 Å². The second kappa shape index (κ2) is 2.76. The molecular formula is C11H13N5O. The van der Waals surface area contributed by atoms with Gasteiger partial charge in [-0.2, -0.15) is 0 Å². The minimum absolute atomic E-state index is 0.292. The van der Waals surface area contributed by atoms with Crippen molar-refractivity contribution < 1.29 is 5.11 Å². The van der Waals surface area contributed by atoms with Gasteiger partial charge in [0.25, 0.3) is 0 Å². The molecule has 1 spiro atoms. The number of nitrogen functional groups attached to an aromatic ring is 1. The van der Waals surface area contributed by atoms with Crippen LogP contribution in [0, 0.1) is 11.3 Å². The lowest BCUT2D eigenvalue weighted by Crippen LogP contribution is -2.00.